The number of phenolic OH excluding ortho intramolecular Hbond substituents is 1. The summed E-state index contributed by atoms with van der Waals surface area (Å²) < 4.78 is -2.08. The summed E-state index contributed by atoms with van der Waals surface area (Å²) in [5.41, 5.74) is -0.0255. The maximum absolute atomic E-state index is 11.5. The lowest BCUT2D eigenvalue weighted by Crippen LogP contribution is -2.27. The van der Waals surface area contributed by atoms with Gasteiger partial charge in [-0.3, -0.25) is 9.59 Å². The van der Waals surface area contributed by atoms with Crippen molar-refractivity contribution in [2.45, 2.75) is 4.33 Å². The van der Waals surface area contributed by atoms with Crippen molar-refractivity contribution >= 4 is 34.8 Å². The molecule has 0 radical (unpaired) electrons. The standard InChI is InChI=1S/C9H4Cl2O3/c10-9(11)7(13)4-2-1-3-5(12)6(4)8(9)14/h1-3,12H. The van der Waals surface area contributed by atoms with Crippen molar-refractivity contribution in [3.63, 3.8) is 0 Å². The number of alkyl halides is 2. The zero-order valence-electron chi connectivity index (χ0n) is 6.75. The lowest BCUT2D eigenvalue weighted by atomic mass is 10.1. The molecule has 0 saturated carbocycles. The van der Waals surface area contributed by atoms with Gasteiger partial charge in [0.1, 0.15) is 5.75 Å². The van der Waals surface area contributed by atoms with Crippen LogP contribution in [0.3, 0.4) is 0 Å². The molecule has 0 fully saturated rings. The largest absolute Gasteiger partial charge is 0.507 e. The highest BCUT2D eigenvalue weighted by molar-refractivity contribution is 6.73. The average molecular weight is 231 g/mol. The number of Topliss-reactive ketones (excluding diaryl/α,β-unsaturated/α-hetero) is 2. The van der Waals surface area contributed by atoms with E-state index in [1.54, 1.807) is 0 Å². The van der Waals surface area contributed by atoms with Crippen LogP contribution in [-0.4, -0.2) is 21.0 Å². The molecule has 1 N–H and O–H groups in total. The highest BCUT2D eigenvalue weighted by atomic mass is 35.5. The van der Waals surface area contributed by atoms with Gasteiger partial charge in [0.25, 0.3) is 0 Å². The average Bonchev–Trinajstić information content (AvgIpc) is 2.30. The van der Waals surface area contributed by atoms with Gasteiger partial charge in [-0.15, -0.1) is 0 Å². The first-order valence-electron chi connectivity index (χ1n) is 3.75. The molecule has 0 saturated heterocycles. The van der Waals surface area contributed by atoms with Crippen LogP contribution in [0, 0.1) is 0 Å². The number of aromatic hydroxyl groups is 1. The Morgan fingerprint density at radius 1 is 1.14 bits per heavy atom. The minimum absolute atomic E-state index is 0.0694. The third kappa shape index (κ3) is 0.996. The molecular formula is C9H4Cl2O3. The number of phenols is 1. The van der Waals surface area contributed by atoms with Gasteiger partial charge in [-0.2, -0.15) is 0 Å². The summed E-state index contributed by atoms with van der Waals surface area (Å²) in [6, 6.07) is 4.16. The highest BCUT2D eigenvalue weighted by Gasteiger charge is 2.51. The fraction of sp³-hybridized carbons (Fsp3) is 0.111. The summed E-state index contributed by atoms with van der Waals surface area (Å²) in [7, 11) is 0. The molecule has 0 heterocycles. The Kier molecular flexibility index (Phi) is 1.84. The summed E-state index contributed by atoms with van der Waals surface area (Å²) >= 11 is 11.1. The van der Waals surface area contributed by atoms with E-state index in [4.69, 9.17) is 23.2 Å². The minimum atomic E-state index is -2.08. The van der Waals surface area contributed by atoms with E-state index < -0.39 is 15.9 Å². The Bertz CT molecular complexity index is 451. The van der Waals surface area contributed by atoms with Crippen molar-refractivity contribution in [3.8, 4) is 5.75 Å². The fourth-order valence-corrected chi connectivity index (χ4v) is 1.79. The molecule has 14 heavy (non-hydrogen) atoms. The molecule has 0 aliphatic heterocycles. The van der Waals surface area contributed by atoms with Crippen LogP contribution in [0.2, 0.25) is 0 Å². The van der Waals surface area contributed by atoms with Crippen molar-refractivity contribution in [2.24, 2.45) is 0 Å². The molecule has 72 valence electrons. The Labute approximate surface area is 89.2 Å². The number of fused-ring (bicyclic) bond motifs is 1. The number of ketones is 2. The van der Waals surface area contributed by atoms with Crippen molar-refractivity contribution in [2.75, 3.05) is 0 Å². The molecule has 0 unspecified atom stereocenters. The van der Waals surface area contributed by atoms with Crippen LogP contribution in [0.1, 0.15) is 20.7 Å². The SMILES string of the molecule is O=C1c2cccc(O)c2C(=O)C1(Cl)Cl. The van der Waals surface area contributed by atoms with Gasteiger partial charge < -0.3 is 5.11 Å². The first-order chi connectivity index (χ1) is 6.46. The molecule has 0 bridgehead atoms. The van der Waals surface area contributed by atoms with E-state index in [2.05, 4.69) is 0 Å². The number of hydrogen-bond donors (Lipinski definition) is 1. The third-order valence-corrected chi connectivity index (χ3v) is 2.77. The Balaban J connectivity index is 2.77. The van der Waals surface area contributed by atoms with Crippen molar-refractivity contribution in [3.05, 3.63) is 29.3 Å². The van der Waals surface area contributed by atoms with Crippen LogP contribution in [-0.2, 0) is 0 Å². The van der Waals surface area contributed by atoms with Crippen molar-refractivity contribution in [1.29, 1.82) is 0 Å². The second-order valence-electron chi connectivity index (χ2n) is 2.93. The van der Waals surface area contributed by atoms with E-state index in [1.807, 2.05) is 0 Å². The number of hydrogen-bond acceptors (Lipinski definition) is 3. The van der Waals surface area contributed by atoms with E-state index >= 15 is 0 Å². The van der Waals surface area contributed by atoms with Gasteiger partial charge in [0, 0.05) is 5.56 Å². The van der Waals surface area contributed by atoms with Crippen LogP contribution in [0.5, 0.6) is 5.75 Å². The molecule has 0 aromatic heterocycles. The molecule has 1 aromatic rings. The highest BCUT2D eigenvalue weighted by Crippen LogP contribution is 2.41. The van der Waals surface area contributed by atoms with Gasteiger partial charge >= 0.3 is 0 Å². The molecule has 1 aromatic carbocycles. The quantitative estimate of drug-likeness (QED) is 0.548. The number of rotatable bonds is 0. The zero-order valence-corrected chi connectivity index (χ0v) is 8.26. The molecule has 0 spiro atoms. The van der Waals surface area contributed by atoms with Gasteiger partial charge in [-0.05, 0) is 6.07 Å². The van der Waals surface area contributed by atoms with E-state index in [9.17, 15) is 14.7 Å². The van der Waals surface area contributed by atoms with Gasteiger partial charge in [0.15, 0.2) is 0 Å². The van der Waals surface area contributed by atoms with E-state index in [0.29, 0.717) is 0 Å². The molecule has 0 amide bonds. The number of benzene rings is 1. The smallest absolute Gasteiger partial charge is 0.242 e. The van der Waals surface area contributed by atoms with E-state index in [0.717, 1.165) is 0 Å². The van der Waals surface area contributed by atoms with Crippen LogP contribution in [0.25, 0.3) is 0 Å². The number of carbonyl (C=O) groups excluding carboxylic acids is 2. The van der Waals surface area contributed by atoms with Crippen LogP contribution < -0.4 is 0 Å². The van der Waals surface area contributed by atoms with Gasteiger partial charge in [0.2, 0.25) is 15.9 Å². The monoisotopic (exact) mass is 230 g/mol. The molecular weight excluding hydrogens is 227 g/mol. The zero-order chi connectivity index (χ0) is 10.5. The Morgan fingerprint density at radius 3 is 2.36 bits per heavy atom. The second-order valence-corrected chi connectivity index (χ2v) is 4.26. The van der Waals surface area contributed by atoms with E-state index in [1.165, 1.54) is 18.2 Å². The fourth-order valence-electron chi connectivity index (χ4n) is 1.40. The van der Waals surface area contributed by atoms with Crippen LogP contribution in [0.15, 0.2) is 18.2 Å². The topological polar surface area (TPSA) is 54.4 Å². The summed E-state index contributed by atoms with van der Waals surface area (Å²) in [6.07, 6.45) is 0. The second kappa shape index (κ2) is 2.72. The van der Waals surface area contributed by atoms with Crippen LogP contribution in [0.4, 0.5) is 0 Å². The first-order valence-corrected chi connectivity index (χ1v) is 4.51. The predicted octanol–water partition coefficient (Wildman–Crippen LogP) is 1.95. The van der Waals surface area contributed by atoms with Gasteiger partial charge in [-0.1, -0.05) is 35.3 Å². The normalized spacial score (nSPS) is 18.4. The number of halogens is 2. The third-order valence-electron chi connectivity index (χ3n) is 2.08. The summed E-state index contributed by atoms with van der Waals surface area (Å²) in [5.74, 6) is -1.72. The maximum atomic E-state index is 11.5. The lowest BCUT2D eigenvalue weighted by Gasteiger charge is -2.05. The molecule has 5 heteroatoms. The lowest BCUT2D eigenvalue weighted by molar-refractivity contribution is 0.0907. The summed E-state index contributed by atoms with van der Waals surface area (Å²) in [4.78, 5) is 23.0. The van der Waals surface area contributed by atoms with E-state index in [-0.39, 0.29) is 16.9 Å². The molecule has 2 rings (SSSR count). The van der Waals surface area contributed by atoms with Gasteiger partial charge in [-0.25, -0.2) is 0 Å². The van der Waals surface area contributed by atoms with Crippen LogP contribution >= 0.6 is 23.2 Å². The molecule has 1 aliphatic rings. The molecule has 3 nitrogen and oxygen atoms in total. The van der Waals surface area contributed by atoms with Crippen molar-refractivity contribution in [1.82, 2.24) is 0 Å². The maximum Gasteiger partial charge on any atom is 0.242 e. The number of carbonyl (C=O) groups is 2. The molecule has 0 atom stereocenters. The minimum Gasteiger partial charge on any atom is -0.507 e. The first kappa shape index (κ1) is 9.49. The van der Waals surface area contributed by atoms with Gasteiger partial charge in [0.05, 0.1) is 5.56 Å². The predicted molar refractivity (Wildman–Crippen MR) is 51.2 cm³/mol. The Morgan fingerprint density at radius 2 is 1.79 bits per heavy atom. The summed E-state index contributed by atoms with van der Waals surface area (Å²) in [5, 5.41) is 9.36. The molecule has 1 aliphatic carbocycles. The summed E-state index contributed by atoms with van der Waals surface area (Å²) in [6.45, 7) is 0. The van der Waals surface area contributed by atoms with Crippen molar-refractivity contribution < 1.29 is 14.7 Å². The Hall–Kier alpha value is -1.06.